The molecule has 3 aromatic rings. The van der Waals surface area contributed by atoms with Crippen molar-refractivity contribution in [2.24, 2.45) is 10.8 Å². The van der Waals surface area contributed by atoms with E-state index in [1.807, 2.05) is 30.3 Å². The second-order valence-corrected chi connectivity index (χ2v) is 8.11. The number of benzene rings is 1. The Kier molecular flexibility index (Phi) is 11.2. The van der Waals surface area contributed by atoms with Gasteiger partial charge in [0.2, 0.25) is 0 Å². The molecule has 11 heteroatoms. The molecule has 0 spiro atoms. The summed E-state index contributed by atoms with van der Waals surface area (Å²) in [7, 11) is 1.46. The monoisotopic (exact) mass is 588 g/mol. The molecule has 0 bridgehead atoms. The van der Waals surface area contributed by atoms with Crippen molar-refractivity contribution in [3.8, 4) is 11.8 Å². The number of amides is 1. The van der Waals surface area contributed by atoms with Gasteiger partial charge < -0.3 is 32.0 Å². The van der Waals surface area contributed by atoms with E-state index in [2.05, 4.69) is 21.0 Å². The van der Waals surface area contributed by atoms with Crippen molar-refractivity contribution in [2.75, 3.05) is 25.2 Å². The summed E-state index contributed by atoms with van der Waals surface area (Å²) in [4.78, 5) is 39.3. The van der Waals surface area contributed by atoms with Gasteiger partial charge in [0.15, 0.2) is 5.82 Å². The summed E-state index contributed by atoms with van der Waals surface area (Å²) >= 11 is 0. The van der Waals surface area contributed by atoms with Crippen LogP contribution in [0.2, 0.25) is 0 Å². The van der Waals surface area contributed by atoms with Crippen molar-refractivity contribution in [2.45, 2.75) is 19.8 Å². The summed E-state index contributed by atoms with van der Waals surface area (Å²) in [6.45, 7) is 4.03. The maximum Gasteiger partial charge on any atom is 0.295 e. The van der Waals surface area contributed by atoms with E-state index >= 15 is 0 Å². The third-order valence-corrected chi connectivity index (χ3v) is 6.08. The maximum atomic E-state index is 13.3. The Balaban J connectivity index is 0.00000253. The Morgan fingerprint density at radius 2 is 1.97 bits per heavy atom. The van der Waals surface area contributed by atoms with E-state index in [0.717, 1.165) is 11.1 Å². The molecule has 1 fully saturated rings. The van der Waals surface area contributed by atoms with Crippen LogP contribution in [0.5, 0.6) is 5.75 Å². The number of aromatic nitrogens is 2. The molecule has 1 aliphatic heterocycles. The minimum Gasteiger partial charge on any atom is -0.494 e. The Labute approximate surface area is 247 Å². The van der Waals surface area contributed by atoms with Gasteiger partial charge in [-0.2, -0.15) is 5.26 Å². The Hall–Kier alpha value is -3.52. The Bertz CT molecular complexity index is 1380. The number of likely N-dealkylation sites (tertiary alicyclic amines) is 1. The predicted octanol–water partition coefficient (Wildman–Crippen LogP) is 3.69. The van der Waals surface area contributed by atoms with Gasteiger partial charge in [-0.15, -0.1) is 6.54 Å². The van der Waals surface area contributed by atoms with Crippen LogP contribution < -0.4 is 15.6 Å². The number of methoxy groups -OCH3 is 1. The number of aliphatic imine (C=N–C) groups is 1. The molecule has 38 heavy (non-hydrogen) atoms. The quantitative estimate of drug-likeness (QED) is 0.0627. The number of piperidine rings is 1. The number of nitriles is 1. The molecule has 3 N–H and O–H groups in total. The molecule has 10 nitrogen and oxygen atoms in total. The summed E-state index contributed by atoms with van der Waals surface area (Å²) < 4.78 is 5.42. The van der Waals surface area contributed by atoms with Gasteiger partial charge in [-0.05, 0) is 30.3 Å². The molecule has 1 saturated heterocycles. The standard InChI is InChI=1S/C26H26N7O3.CH3.Y/c1-3-29-16-33(28)25-23-22(21(36-2)15-31-25)20(14-30-23)24(34)26(35)32-11-9-18(10-12-32)19(13-27)17-7-5-4-6-8-17;;/h3-8,14-16,30H,9-12,28H2,1-2H3;1H3;/q2*-1;. The van der Waals surface area contributed by atoms with Crippen LogP contribution in [0.1, 0.15) is 35.7 Å². The van der Waals surface area contributed by atoms with Crippen molar-refractivity contribution in [3.05, 3.63) is 73.4 Å². The average molecular weight is 588 g/mol. The minimum absolute atomic E-state index is 0. The zero-order valence-corrected chi connectivity index (χ0v) is 24.5. The second kappa shape index (κ2) is 13.9. The van der Waals surface area contributed by atoms with Crippen LogP contribution in [-0.2, 0) is 37.5 Å². The van der Waals surface area contributed by atoms with E-state index in [9.17, 15) is 14.9 Å². The number of pyridine rings is 1. The zero-order valence-electron chi connectivity index (χ0n) is 21.6. The van der Waals surface area contributed by atoms with E-state index in [-0.39, 0.29) is 45.7 Å². The fourth-order valence-corrected chi connectivity index (χ4v) is 4.27. The van der Waals surface area contributed by atoms with Crippen LogP contribution in [0.4, 0.5) is 5.82 Å². The Morgan fingerprint density at radius 1 is 1.29 bits per heavy atom. The molecule has 0 saturated carbocycles. The second-order valence-electron chi connectivity index (χ2n) is 8.11. The van der Waals surface area contributed by atoms with E-state index in [1.165, 1.54) is 35.8 Å². The summed E-state index contributed by atoms with van der Waals surface area (Å²) in [5, 5.41) is 11.3. The summed E-state index contributed by atoms with van der Waals surface area (Å²) in [6, 6.07) is 11.8. The third-order valence-electron chi connectivity index (χ3n) is 6.08. The summed E-state index contributed by atoms with van der Waals surface area (Å²) in [6.07, 6.45) is 5.34. The molecule has 1 amide bonds. The normalized spacial score (nSPS) is 12.8. The number of hydrogen-bond donors (Lipinski definition) is 2. The minimum atomic E-state index is -0.660. The van der Waals surface area contributed by atoms with Crippen LogP contribution in [-0.4, -0.2) is 53.1 Å². The molecule has 1 radical (unpaired) electrons. The van der Waals surface area contributed by atoms with Crippen LogP contribution in [0.25, 0.3) is 16.5 Å². The van der Waals surface area contributed by atoms with Crippen LogP contribution in [0.3, 0.4) is 0 Å². The summed E-state index contributed by atoms with van der Waals surface area (Å²) in [5.74, 6) is 5.43. The van der Waals surface area contributed by atoms with Crippen LogP contribution in [0.15, 0.2) is 53.3 Å². The predicted molar refractivity (Wildman–Crippen MR) is 143 cm³/mol. The number of fused-ring (bicyclic) bond motifs is 1. The average Bonchev–Trinajstić information content (AvgIpc) is 3.37. The Morgan fingerprint density at radius 3 is 2.58 bits per heavy atom. The third kappa shape index (κ3) is 6.13. The molecule has 1 aromatic carbocycles. The van der Waals surface area contributed by atoms with Gasteiger partial charge >= 0.3 is 0 Å². The molecular formula is C27H29N7O3Y-2. The van der Waals surface area contributed by atoms with Crippen LogP contribution in [0, 0.1) is 25.3 Å². The number of carbonyl (C=O) groups is 2. The first-order chi connectivity index (χ1) is 17.5. The number of rotatable bonds is 7. The van der Waals surface area contributed by atoms with Crippen molar-refractivity contribution < 1.29 is 47.0 Å². The number of ketones is 1. The molecule has 4 rings (SSSR count). The molecule has 0 unspecified atom stereocenters. The van der Waals surface area contributed by atoms with E-state index < -0.39 is 11.7 Å². The fraction of sp³-hybridized carbons (Fsp3) is 0.222. The van der Waals surface area contributed by atoms with Crippen molar-refractivity contribution in [1.29, 1.82) is 5.26 Å². The molecule has 195 valence electrons. The van der Waals surface area contributed by atoms with E-state index in [4.69, 9.17) is 10.6 Å². The number of carbonyl (C=O) groups excluding carboxylic acids is 2. The van der Waals surface area contributed by atoms with Gasteiger partial charge in [-0.1, -0.05) is 37.3 Å². The van der Waals surface area contributed by atoms with Crippen molar-refractivity contribution in [1.82, 2.24) is 14.9 Å². The number of H-pyrrole nitrogens is 1. The zero-order chi connectivity index (χ0) is 25.7. The first kappa shape index (κ1) is 30.7. The number of allylic oxidation sites excluding steroid dienone is 1. The largest absolute Gasteiger partial charge is 0.494 e. The van der Waals surface area contributed by atoms with Crippen LogP contribution >= 0.6 is 0 Å². The maximum absolute atomic E-state index is 13.3. The molecule has 3 heterocycles. The molecule has 2 aromatic heterocycles. The molecule has 0 atom stereocenters. The number of hydrogen-bond acceptors (Lipinski definition) is 7. The summed E-state index contributed by atoms with van der Waals surface area (Å²) in [5.41, 5.74) is 3.09. The van der Waals surface area contributed by atoms with Gasteiger partial charge in [0.05, 0.1) is 41.4 Å². The van der Waals surface area contributed by atoms with E-state index in [0.29, 0.717) is 54.0 Å². The van der Waals surface area contributed by atoms with Crippen molar-refractivity contribution >= 4 is 40.3 Å². The number of anilines is 1. The topological polar surface area (TPSA) is 141 Å². The van der Waals surface area contributed by atoms with Gasteiger partial charge in [0, 0.05) is 52.0 Å². The number of nitrogens with two attached hydrogens (primary N) is 1. The smallest absolute Gasteiger partial charge is 0.295 e. The number of nitrogens with one attached hydrogen (secondary N) is 1. The van der Waals surface area contributed by atoms with Gasteiger partial charge in [0.25, 0.3) is 11.7 Å². The fourth-order valence-electron chi connectivity index (χ4n) is 4.27. The molecule has 1 aliphatic rings. The molecule has 0 aliphatic carbocycles. The number of Topliss-reactive ketones (excluding diaryl/α,β-unsaturated/α-hetero) is 1. The SMILES string of the molecule is C[CH-]N=CN(N)c1ncc(OC)c2c(C(=O)C(=O)N3CCC(=C(C#N)c4ccccc4)CC3)c[nH]c12.[CH3-].[Y]. The number of ether oxygens (including phenoxy) is 1. The van der Waals surface area contributed by atoms with Gasteiger partial charge in [-0.25, -0.2) is 4.98 Å². The molecular weight excluding hydrogens is 559 g/mol. The van der Waals surface area contributed by atoms with E-state index in [1.54, 1.807) is 13.5 Å². The first-order valence-corrected chi connectivity index (χ1v) is 11.4. The van der Waals surface area contributed by atoms with Crippen molar-refractivity contribution in [3.63, 3.8) is 0 Å². The first-order valence-electron chi connectivity index (χ1n) is 11.4. The van der Waals surface area contributed by atoms with Gasteiger partial charge in [0.1, 0.15) is 5.75 Å². The number of aromatic amines is 1. The van der Waals surface area contributed by atoms with Gasteiger partial charge in [-0.3, -0.25) is 15.4 Å². The number of hydrazine groups is 1. The number of nitrogens with zero attached hydrogens (tertiary/aromatic N) is 5.